The third-order valence-corrected chi connectivity index (χ3v) is 5.02. The highest BCUT2D eigenvalue weighted by atomic mass is 32.2. The molecule has 0 aromatic heterocycles. The molecule has 24 heavy (non-hydrogen) atoms. The molecule has 2 aromatic rings. The van der Waals surface area contributed by atoms with Crippen molar-refractivity contribution in [2.45, 2.75) is 43.4 Å². The van der Waals surface area contributed by atoms with Gasteiger partial charge in [-0.25, -0.2) is 4.79 Å². The Morgan fingerprint density at radius 3 is 2.29 bits per heavy atom. The van der Waals surface area contributed by atoms with Crippen LogP contribution in [0.4, 0.5) is 0 Å². The number of rotatable bonds is 2. The second-order valence-electron chi connectivity index (χ2n) is 6.91. The monoisotopic (exact) mass is 338 g/mol. The minimum absolute atomic E-state index is 0.0463. The van der Waals surface area contributed by atoms with E-state index in [4.69, 9.17) is 4.74 Å². The molecule has 0 radical (unpaired) electrons. The van der Waals surface area contributed by atoms with E-state index < -0.39 is 5.60 Å². The van der Waals surface area contributed by atoms with Crippen molar-refractivity contribution in [1.82, 2.24) is 0 Å². The molecule has 3 heteroatoms. The van der Waals surface area contributed by atoms with Crippen LogP contribution in [-0.2, 0) is 9.53 Å². The molecule has 1 aliphatic heterocycles. The predicted octanol–water partition coefficient (Wildman–Crippen LogP) is 5.32. The molecule has 0 amide bonds. The number of ether oxygens (including phenoxy) is 1. The molecule has 1 heterocycles. The van der Waals surface area contributed by atoms with Gasteiger partial charge in [-0.05, 0) is 44.9 Å². The van der Waals surface area contributed by atoms with Gasteiger partial charge in [0, 0.05) is 15.7 Å². The van der Waals surface area contributed by atoms with Crippen LogP contribution in [0.2, 0.25) is 0 Å². The van der Waals surface area contributed by atoms with Crippen LogP contribution in [0.15, 0.2) is 65.1 Å². The molecule has 0 aliphatic carbocycles. The number of hydrogen-bond donors (Lipinski definition) is 0. The Balaban J connectivity index is 2.21. The summed E-state index contributed by atoms with van der Waals surface area (Å²) in [6.45, 7) is 7.79. The summed E-state index contributed by atoms with van der Waals surface area (Å²) >= 11 is 1.71. The first-order valence-electron chi connectivity index (χ1n) is 8.16. The van der Waals surface area contributed by atoms with E-state index in [1.165, 1.54) is 4.90 Å². The number of carbonyl (C=O) groups is 1. The van der Waals surface area contributed by atoms with Crippen molar-refractivity contribution in [2.24, 2.45) is 0 Å². The summed E-state index contributed by atoms with van der Waals surface area (Å²) in [6, 6.07) is 18.4. The zero-order valence-corrected chi connectivity index (χ0v) is 15.3. The molecule has 3 rings (SSSR count). The van der Waals surface area contributed by atoms with Gasteiger partial charge in [-0.1, -0.05) is 48.5 Å². The third-order valence-electron chi connectivity index (χ3n) is 3.82. The Hall–Kier alpha value is -2.00. The van der Waals surface area contributed by atoms with Crippen molar-refractivity contribution in [3.63, 3.8) is 0 Å². The zero-order valence-electron chi connectivity index (χ0n) is 14.5. The normalized spacial score (nSPS) is 17.4. The number of thioether (sulfide) groups is 1. The number of esters is 1. The molecule has 0 fully saturated rings. The van der Waals surface area contributed by atoms with Gasteiger partial charge in [0.25, 0.3) is 0 Å². The Morgan fingerprint density at radius 2 is 1.62 bits per heavy atom. The van der Waals surface area contributed by atoms with Crippen LogP contribution in [-0.4, -0.2) is 16.8 Å². The highest BCUT2D eigenvalue weighted by Crippen LogP contribution is 2.44. The van der Waals surface area contributed by atoms with Crippen molar-refractivity contribution in [2.75, 3.05) is 0 Å². The average Bonchev–Trinajstić information content (AvgIpc) is 2.52. The van der Waals surface area contributed by atoms with Gasteiger partial charge in [0.15, 0.2) is 0 Å². The van der Waals surface area contributed by atoms with Crippen molar-refractivity contribution in [3.05, 3.63) is 71.3 Å². The van der Waals surface area contributed by atoms with Crippen LogP contribution in [0.25, 0.3) is 5.57 Å². The molecule has 2 aromatic carbocycles. The first kappa shape index (κ1) is 16.8. The number of fused-ring (bicyclic) bond motifs is 1. The molecule has 0 N–H and O–H groups in total. The lowest BCUT2D eigenvalue weighted by molar-refractivity contribution is -0.149. The molecular formula is C21H22O2S. The van der Waals surface area contributed by atoms with Crippen molar-refractivity contribution in [3.8, 4) is 0 Å². The lowest BCUT2D eigenvalue weighted by Crippen LogP contribution is -2.29. The number of benzene rings is 2. The zero-order chi connectivity index (χ0) is 17.3. The quantitative estimate of drug-likeness (QED) is 0.693. The molecule has 0 spiro atoms. The molecule has 0 saturated carbocycles. The highest BCUT2D eigenvalue weighted by Gasteiger charge is 2.32. The first-order valence-corrected chi connectivity index (χ1v) is 9.04. The fourth-order valence-corrected chi connectivity index (χ4v) is 4.06. The second kappa shape index (κ2) is 6.48. The summed E-state index contributed by atoms with van der Waals surface area (Å²) in [4.78, 5) is 14.1. The maximum atomic E-state index is 12.9. The van der Waals surface area contributed by atoms with Crippen LogP contribution in [0, 0.1) is 0 Å². The van der Waals surface area contributed by atoms with Crippen LogP contribution < -0.4 is 0 Å². The van der Waals surface area contributed by atoms with E-state index in [-0.39, 0.29) is 11.2 Å². The average molecular weight is 338 g/mol. The summed E-state index contributed by atoms with van der Waals surface area (Å²) in [7, 11) is 0. The Morgan fingerprint density at radius 1 is 1.00 bits per heavy atom. The van der Waals surface area contributed by atoms with E-state index >= 15 is 0 Å². The van der Waals surface area contributed by atoms with Gasteiger partial charge >= 0.3 is 5.97 Å². The van der Waals surface area contributed by atoms with E-state index in [1.807, 2.05) is 51.1 Å². The van der Waals surface area contributed by atoms with Crippen LogP contribution >= 0.6 is 11.8 Å². The fourth-order valence-electron chi connectivity index (χ4n) is 2.89. The van der Waals surface area contributed by atoms with Gasteiger partial charge in [0.2, 0.25) is 0 Å². The third kappa shape index (κ3) is 3.41. The Bertz CT molecular complexity index is 785. The Kier molecular flexibility index (Phi) is 4.55. The van der Waals surface area contributed by atoms with E-state index in [0.29, 0.717) is 0 Å². The van der Waals surface area contributed by atoms with Crippen LogP contribution in [0.5, 0.6) is 0 Å². The van der Waals surface area contributed by atoms with Gasteiger partial charge in [0.1, 0.15) is 5.60 Å². The lowest BCUT2D eigenvalue weighted by atomic mass is 9.91. The van der Waals surface area contributed by atoms with Crippen LogP contribution in [0.3, 0.4) is 0 Å². The number of carbonyl (C=O) groups excluding carboxylic acids is 1. The van der Waals surface area contributed by atoms with Gasteiger partial charge in [0.05, 0.1) is 5.57 Å². The van der Waals surface area contributed by atoms with E-state index in [2.05, 4.69) is 31.2 Å². The molecule has 2 nitrogen and oxygen atoms in total. The minimum atomic E-state index is -0.507. The van der Waals surface area contributed by atoms with Gasteiger partial charge in [-0.15, -0.1) is 11.8 Å². The minimum Gasteiger partial charge on any atom is -0.457 e. The summed E-state index contributed by atoms with van der Waals surface area (Å²) < 4.78 is 5.70. The van der Waals surface area contributed by atoms with E-state index in [9.17, 15) is 4.79 Å². The molecule has 0 saturated heterocycles. The van der Waals surface area contributed by atoms with Crippen LogP contribution in [0.1, 0.15) is 38.8 Å². The maximum absolute atomic E-state index is 12.9. The lowest BCUT2D eigenvalue weighted by Gasteiger charge is -2.29. The Labute approximate surface area is 147 Å². The molecular weight excluding hydrogens is 316 g/mol. The SMILES string of the molecule is CC1Sc2ccccc2C(c2ccccc2)=C1C(=O)OC(C)(C)C. The highest BCUT2D eigenvalue weighted by molar-refractivity contribution is 8.00. The molecule has 1 aliphatic rings. The van der Waals surface area contributed by atoms with Gasteiger partial charge in [-0.3, -0.25) is 0 Å². The molecule has 0 bridgehead atoms. The van der Waals surface area contributed by atoms with Crippen molar-refractivity contribution >= 4 is 23.3 Å². The van der Waals surface area contributed by atoms with Crippen molar-refractivity contribution in [1.29, 1.82) is 0 Å². The first-order chi connectivity index (χ1) is 11.4. The number of hydrogen-bond acceptors (Lipinski definition) is 3. The standard InChI is InChI=1S/C21H22O2S/c1-14-18(20(22)23-21(2,3)4)19(15-10-6-5-7-11-15)16-12-8-9-13-17(16)24-14/h5-14H,1-4H3. The maximum Gasteiger partial charge on any atom is 0.336 e. The molecule has 1 atom stereocenters. The van der Waals surface area contributed by atoms with E-state index in [1.54, 1.807) is 11.8 Å². The molecule has 124 valence electrons. The summed E-state index contributed by atoms with van der Waals surface area (Å²) in [6.07, 6.45) is 0. The predicted molar refractivity (Wildman–Crippen MR) is 100 cm³/mol. The summed E-state index contributed by atoms with van der Waals surface area (Å²) in [5.74, 6) is -0.226. The van der Waals surface area contributed by atoms with Crippen molar-refractivity contribution < 1.29 is 9.53 Å². The second-order valence-corrected chi connectivity index (χ2v) is 8.30. The van der Waals surface area contributed by atoms with E-state index in [0.717, 1.165) is 22.3 Å². The fraction of sp³-hybridized carbons (Fsp3) is 0.286. The van der Waals surface area contributed by atoms with Gasteiger partial charge in [-0.2, -0.15) is 0 Å². The molecule has 1 unspecified atom stereocenters. The smallest absolute Gasteiger partial charge is 0.336 e. The summed E-state index contributed by atoms with van der Waals surface area (Å²) in [5.41, 5.74) is 3.39. The van der Waals surface area contributed by atoms with Gasteiger partial charge < -0.3 is 4.74 Å². The topological polar surface area (TPSA) is 26.3 Å². The summed E-state index contributed by atoms with van der Waals surface area (Å²) in [5, 5.41) is 0.0463. The largest absolute Gasteiger partial charge is 0.457 e.